The highest BCUT2D eigenvalue weighted by molar-refractivity contribution is 7.92. The van der Waals surface area contributed by atoms with Gasteiger partial charge in [0, 0.05) is 5.75 Å². The lowest BCUT2D eigenvalue weighted by Gasteiger charge is -2.33. The number of nitrogens with zero attached hydrogens (tertiary/aromatic N) is 2. The fourth-order valence-corrected chi connectivity index (χ4v) is 4.26. The van der Waals surface area contributed by atoms with Crippen molar-refractivity contribution in [1.29, 1.82) is 5.26 Å². The zero-order chi connectivity index (χ0) is 17.3. The number of aryl methyl sites for hydroxylation is 1. The van der Waals surface area contributed by atoms with Crippen molar-refractivity contribution in [3.8, 4) is 11.9 Å². The standard InChI is InChI=1S/C17H24N2O3S/c1-5-16(23(20,21)6-2)19(12-18)14-7-8-15-13(11-14)9-10-17(3,4)22-15/h7-8,11,16H,5-6,9-10H2,1-4H3. The van der Waals surface area contributed by atoms with Crippen molar-refractivity contribution in [1.82, 2.24) is 0 Å². The van der Waals surface area contributed by atoms with Crippen LogP contribution in [0.15, 0.2) is 18.2 Å². The molecule has 6 heteroatoms. The van der Waals surface area contributed by atoms with Crippen LogP contribution in [0.4, 0.5) is 5.69 Å². The van der Waals surface area contributed by atoms with Crippen LogP contribution in [-0.2, 0) is 16.3 Å². The van der Waals surface area contributed by atoms with Gasteiger partial charge in [0.1, 0.15) is 16.7 Å². The van der Waals surface area contributed by atoms with Crippen molar-refractivity contribution in [3.63, 3.8) is 0 Å². The van der Waals surface area contributed by atoms with Crippen LogP contribution in [0.5, 0.6) is 5.75 Å². The first-order valence-corrected chi connectivity index (χ1v) is 9.68. The Morgan fingerprint density at radius 3 is 2.65 bits per heavy atom. The molecule has 0 spiro atoms. The number of fused-ring (bicyclic) bond motifs is 1. The first-order chi connectivity index (χ1) is 10.7. The minimum atomic E-state index is -3.34. The zero-order valence-electron chi connectivity index (χ0n) is 14.2. The minimum Gasteiger partial charge on any atom is -0.488 e. The molecule has 1 aromatic rings. The van der Waals surface area contributed by atoms with Crippen LogP contribution in [0.1, 0.15) is 46.1 Å². The second-order valence-electron chi connectivity index (χ2n) is 6.44. The number of ether oxygens (including phenoxy) is 1. The highest BCUT2D eigenvalue weighted by atomic mass is 32.2. The Kier molecular flexibility index (Phi) is 4.90. The van der Waals surface area contributed by atoms with E-state index in [9.17, 15) is 13.7 Å². The molecule has 1 atom stereocenters. The third kappa shape index (κ3) is 3.61. The lowest BCUT2D eigenvalue weighted by Crippen LogP contribution is -2.39. The number of anilines is 1. The van der Waals surface area contributed by atoms with Gasteiger partial charge in [-0.25, -0.2) is 8.42 Å². The fourth-order valence-electron chi connectivity index (χ4n) is 2.87. The molecule has 126 valence electrons. The Labute approximate surface area is 138 Å². The van der Waals surface area contributed by atoms with Gasteiger partial charge in [-0.3, -0.25) is 4.90 Å². The zero-order valence-corrected chi connectivity index (χ0v) is 15.0. The van der Waals surface area contributed by atoms with E-state index in [-0.39, 0.29) is 11.4 Å². The highest BCUT2D eigenvalue weighted by Gasteiger charge is 2.31. The van der Waals surface area contributed by atoms with Gasteiger partial charge in [0.15, 0.2) is 16.0 Å². The van der Waals surface area contributed by atoms with Gasteiger partial charge in [-0.1, -0.05) is 13.8 Å². The molecule has 23 heavy (non-hydrogen) atoms. The maximum Gasteiger partial charge on any atom is 0.185 e. The summed E-state index contributed by atoms with van der Waals surface area (Å²) in [7, 11) is -3.34. The van der Waals surface area contributed by atoms with Crippen LogP contribution in [0.2, 0.25) is 0 Å². The molecule has 0 aliphatic carbocycles. The quantitative estimate of drug-likeness (QED) is 0.610. The molecule has 0 N–H and O–H groups in total. The second kappa shape index (κ2) is 6.40. The molecular weight excluding hydrogens is 312 g/mol. The number of hydrogen-bond donors (Lipinski definition) is 0. The van der Waals surface area contributed by atoms with E-state index >= 15 is 0 Å². The molecule has 0 amide bonds. The molecular formula is C17H24N2O3S. The number of nitriles is 1. The molecule has 0 saturated heterocycles. The Morgan fingerprint density at radius 2 is 2.09 bits per heavy atom. The summed E-state index contributed by atoms with van der Waals surface area (Å²) in [5.74, 6) is 0.834. The van der Waals surface area contributed by atoms with Crippen LogP contribution in [0, 0.1) is 11.5 Å². The van der Waals surface area contributed by atoms with E-state index in [1.54, 1.807) is 19.9 Å². The van der Waals surface area contributed by atoms with E-state index in [1.165, 1.54) is 4.90 Å². The van der Waals surface area contributed by atoms with Gasteiger partial charge in [-0.05, 0) is 56.9 Å². The van der Waals surface area contributed by atoms with E-state index < -0.39 is 15.2 Å². The summed E-state index contributed by atoms with van der Waals surface area (Å²) >= 11 is 0. The minimum absolute atomic E-state index is 0.0198. The maximum atomic E-state index is 12.3. The first kappa shape index (κ1) is 17.6. The van der Waals surface area contributed by atoms with Gasteiger partial charge < -0.3 is 4.74 Å². The summed E-state index contributed by atoms with van der Waals surface area (Å²) in [6, 6.07) is 5.47. The number of sulfone groups is 1. The molecule has 0 bridgehead atoms. The van der Waals surface area contributed by atoms with Crippen molar-refractivity contribution in [3.05, 3.63) is 23.8 Å². The van der Waals surface area contributed by atoms with Crippen LogP contribution in [-0.4, -0.2) is 25.1 Å². The monoisotopic (exact) mass is 336 g/mol. The molecule has 1 aromatic carbocycles. The number of benzene rings is 1. The second-order valence-corrected chi connectivity index (χ2v) is 8.89. The molecule has 2 rings (SSSR count). The van der Waals surface area contributed by atoms with Gasteiger partial charge in [-0.2, -0.15) is 5.26 Å². The molecule has 0 fully saturated rings. The summed E-state index contributed by atoms with van der Waals surface area (Å²) in [4.78, 5) is 1.30. The fraction of sp³-hybridized carbons (Fsp3) is 0.588. The lowest BCUT2D eigenvalue weighted by atomic mass is 9.94. The molecule has 1 aliphatic rings. The van der Waals surface area contributed by atoms with E-state index in [2.05, 4.69) is 0 Å². The number of rotatable bonds is 5. The molecule has 0 aromatic heterocycles. The van der Waals surface area contributed by atoms with Crippen LogP contribution < -0.4 is 9.64 Å². The Hall–Kier alpha value is -1.74. The van der Waals surface area contributed by atoms with Gasteiger partial charge in [0.05, 0.1) is 5.69 Å². The average molecular weight is 336 g/mol. The van der Waals surface area contributed by atoms with E-state index in [0.717, 1.165) is 24.2 Å². The van der Waals surface area contributed by atoms with E-state index in [0.29, 0.717) is 12.1 Å². The van der Waals surface area contributed by atoms with Crippen LogP contribution >= 0.6 is 0 Å². The average Bonchev–Trinajstić information content (AvgIpc) is 2.51. The van der Waals surface area contributed by atoms with Gasteiger partial charge in [0.25, 0.3) is 0 Å². The van der Waals surface area contributed by atoms with Crippen LogP contribution in [0.3, 0.4) is 0 Å². The van der Waals surface area contributed by atoms with E-state index in [4.69, 9.17) is 4.74 Å². The molecule has 1 heterocycles. The third-order valence-corrected chi connectivity index (χ3v) is 6.44. The Bertz CT molecular complexity index is 720. The summed E-state index contributed by atoms with van der Waals surface area (Å²) in [6.45, 7) is 7.49. The third-order valence-electron chi connectivity index (χ3n) is 4.27. The predicted octanol–water partition coefficient (Wildman–Crippen LogP) is 3.25. The molecule has 0 radical (unpaired) electrons. The van der Waals surface area contributed by atoms with Crippen molar-refractivity contribution < 1.29 is 13.2 Å². The van der Waals surface area contributed by atoms with Crippen molar-refractivity contribution in [2.24, 2.45) is 0 Å². The summed E-state index contributed by atoms with van der Waals surface area (Å²) in [5, 5.41) is 8.68. The van der Waals surface area contributed by atoms with Crippen LogP contribution in [0.25, 0.3) is 0 Å². The predicted molar refractivity (Wildman–Crippen MR) is 91.1 cm³/mol. The Balaban J connectivity index is 2.39. The first-order valence-electron chi connectivity index (χ1n) is 7.96. The van der Waals surface area contributed by atoms with Crippen molar-refractivity contribution in [2.45, 2.75) is 57.9 Å². The van der Waals surface area contributed by atoms with Gasteiger partial charge >= 0.3 is 0 Å². The summed E-state index contributed by atoms with van der Waals surface area (Å²) < 4.78 is 30.5. The van der Waals surface area contributed by atoms with Gasteiger partial charge in [-0.15, -0.1) is 0 Å². The summed E-state index contributed by atoms with van der Waals surface area (Å²) in [5.41, 5.74) is 1.44. The van der Waals surface area contributed by atoms with Crippen molar-refractivity contribution >= 4 is 15.5 Å². The normalized spacial score (nSPS) is 17.5. The van der Waals surface area contributed by atoms with Crippen molar-refractivity contribution in [2.75, 3.05) is 10.7 Å². The maximum absolute atomic E-state index is 12.3. The summed E-state index contributed by atoms with van der Waals surface area (Å²) in [6.07, 6.45) is 4.15. The lowest BCUT2D eigenvalue weighted by molar-refractivity contribution is 0.0847. The molecule has 5 nitrogen and oxygen atoms in total. The topological polar surface area (TPSA) is 70.4 Å². The Morgan fingerprint density at radius 1 is 1.39 bits per heavy atom. The van der Waals surface area contributed by atoms with Gasteiger partial charge in [0.2, 0.25) is 0 Å². The number of hydrogen-bond acceptors (Lipinski definition) is 5. The van der Waals surface area contributed by atoms with E-state index in [1.807, 2.05) is 32.2 Å². The molecule has 1 unspecified atom stereocenters. The highest BCUT2D eigenvalue weighted by Crippen LogP contribution is 2.36. The largest absolute Gasteiger partial charge is 0.488 e. The SMILES string of the molecule is CCC(N(C#N)c1ccc2c(c1)CCC(C)(C)O2)S(=O)(=O)CC. The smallest absolute Gasteiger partial charge is 0.185 e. The molecule has 1 aliphatic heterocycles. The molecule has 0 saturated carbocycles.